The fourth-order valence-corrected chi connectivity index (χ4v) is 1.32. The third-order valence-corrected chi connectivity index (χ3v) is 2.14. The zero-order chi connectivity index (χ0) is 10.6. The number of hydrogen-bond acceptors (Lipinski definition) is 2. The summed E-state index contributed by atoms with van der Waals surface area (Å²) < 4.78 is 0. The SMILES string of the molecule is C#CC(C)(C)NC(C)c1ccncc1. The summed E-state index contributed by atoms with van der Waals surface area (Å²) in [7, 11) is 0. The van der Waals surface area contributed by atoms with E-state index >= 15 is 0 Å². The van der Waals surface area contributed by atoms with Crippen LogP contribution in [0.2, 0.25) is 0 Å². The topological polar surface area (TPSA) is 24.9 Å². The summed E-state index contributed by atoms with van der Waals surface area (Å²) in [6, 6.07) is 4.22. The lowest BCUT2D eigenvalue weighted by atomic mass is 10.0. The summed E-state index contributed by atoms with van der Waals surface area (Å²) in [5, 5.41) is 3.36. The minimum absolute atomic E-state index is 0.240. The third kappa shape index (κ3) is 2.86. The Kier molecular flexibility index (Phi) is 3.27. The summed E-state index contributed by atoms with van der Waals surface area (Å²) in [5.74, 6) is 2.72. The Morgan fingerprint density at radius 2 is 2.00 bits per heavy atom. The van der Waals surface area contributed by atoms with Gasteiger partial charge in [0.15, 0.2) is 0 Å². The van der Waals surface area contributed by atoms with Gasteiger partial charge in [-0.3, -0.25) is 10.3 Å². The molecule has 0 fully saturated rings. The predicted molar refractivity (Wildman–Crippen MR) is 58.7 cm³/mol. The molecule has 0 amide bonds. The number of hydrogen-bond donors (Lipinski definition) is 1. The molecule has 1 N–H and O–H groups in total. The average Bonchev–Trinajstić information content (AvgIpc) is 2.19. The Labute approximate surface area is 85.8 Å². The zero-order valence-electron chi connectivity index (χ0n) is 8.91. The molecular formula is C12H16N2. The summed E-state index contributed by atoms with van der Waals surface area (Å²) in [6.45, 7) is 6.07. The number of rotatable bonds is 3. The van der Waals surface area contributed by atoms with Gasteiger partial charge in [0, 0.05) is 18.4 Å². The van der Waals surface area contributed by atoms with Crippen LogP contribution in [0.1, 0.15) is 32.4 Å². The van der Waals surface area contributed by atoms with Crippen molar-refractivity contribution in [3.63, 3.8) is 0 Å². The molecule has 0 aliphatic carbocycles. The van der Waals surface area contributed by atoms with E-state index in [-0.39, 0.29) is 11.6 Å². The van der Waals surface area contributed by atoms with Crippen molar-refractivity contribution in [1.82, 2.24) is 10.3 Å². The minimum Gasteiger partial charge on any atom is -0.295 e. The van der Waals surface area contributed by atoms with Crippen LogP contribution in [-0.2, 0) is 0 Å². The van der Waals surface area contributed by atoms with E-state index in [1.807, 2.05) is 26.0 Å². The van der Waals surface area contributed by atoms with Gasteiger partial charge >= 0.3 is 0 Å². The van der Waals surface area contributed by atoms with Crippen molar-refractivity contribution in [2.45, 2.75) is 32.4 Å². The van der Waals surface area contributed by atoms with E-state index < -0.39 is 0 Å². The quantitative estimate of drug-likeness (QED) is 0.735. The van der Waals surface area contributed by atoms with Crippen LogP contribution in [0.5, 0.6) is 0 Å². The standard InChI is InChI=1S/C12H16N2/c1-5-12(3,4)14-10(2)11-6-8-13-9-7-11/h1,6-10,14H,2-4H3. The molecule has 74 valence electrons. The van der Waals surface area contributed by atoms with Gasteiger partial charge in [0.05, 0.1) is 5.54 Å². The van der Waals surface area contributed by atoms with Gasteiger partial charge in [0.1, 0.15) is 0 Å². The Morgan fingerprint density at radius 3 is 2.50 bits per heavy atom. The normalized spacial score (nSPS) is 13.3. The molecule has 0 aromatic carbocycles. The van der Waals surface area contributed by atoms with Gasteiger partial charge in [-0.15, -0.1) is 6.42 Å². The Balaban J connectivity index is 2.70. The second kappa shape index (κ2) is 4.26. The molecule has 1 heterocycles. The highest BCUT2D eigenvalue weighted by atomic mass is 15.0. The highest BCUT2D eigenvalue weighted by Crippen LogP contribution is 2.14. The lowest BCUT2D eigenvalue weighted by Crippen LogP contribution is -2.39. The maximum Gasteiger partial charge on any atom is 0.0745 e. The second-order valence-corrected chi connectivity index (χ2v) is 3.92. The maximum atomic E-state index is 5.41. The molecule has 0 saturated carbocycles. The molecule has 0 aliphatic heterocycles. The van der Waals surface area contributed by atoms with Gasteiger partial charge in [-0.2, -0.15) is 0 Å². The highest BCUT2D eigenvalue weighted by Gasteiger charge is 2.17. The van der Waals surface area contributed by atoms with Crippen LogP contribution in [0.15, 0.2) is 24.5 Å². The first kappa shape index (κ1) is 10.7. The minimum atomic E-state index is -0.275. The van der Waals surface area contributed by atoms with Crippen LogP contribution in [0.25, 0.3) is 0 Å². The van der Waals surface area contributed by atoms with Crippen molar-refractivity contribution in [2.75, 3.05) is 0 Å². The fraction of sp³-hybridized carbons (Fsp3) is 0.417. The molecule has 0 bridgehead atoms. The molecule has 0 saturated heterocycles. The molecule has 2 nitrogen and oxygen atoms in total. The third-order valence-electron chi connectivity index (χ3n) is 2.14. The van der Waals surface area contributed by atoms with Gasteiger partial charge in [-0.25, -0.2) is 0 Å². The Hall–Kier alpha value is -1.33. The summed E-state index contributed by atoms with van der Waals surface area (Å²) in [6.07, 6.45) is 8.98. The summed E-state index contributed by atoms with van der Waals surface area (Å²) in [5.41, 5.74) is 0.922. The number of nitrogens with one attached hydrogen (secondary N) is 1. The molecule has 1 unspecified atom stereocenters. The van der Waals surface area contributed by atoms with Crippen LogP contribution >= 0.6 is 0 Å². The van der Waals surface area contributed by atoms with E-state index in [1.165, 1.54) is 5.56 Å². The largest absolute Gasteiger partial charge is 0.295 e. The molecule has 2 heteroatoms. The van der Waals surface area contributed by atoms with Crippen molar-refractivity contribution in [3.05, 3.63) is 30.1 Å². The van der Waals surface area contributed by atoms with Gasteiger partial charge < -0.3 is 0 Å². The fourth-order valence-electron chi connectivity index (χ4n) is 1.32. The summed E-state index contributed by atoms with van der Waals surface area (Å²) in [4.78, 5) is 3.98. The van der Waals surface area contributed by atoms with Crippen molar-refractivity contribution in [1.29, 1.82) is 0 Å². The maximum absolute atomic E-state index is 5.41. The van der Waals surface area contributed by atoms with E-state index in [4.69, 9.17) is 6.42 Å². The summed E-state index contributed by atoms with van der Waals surface area (Å²) >= 11 is 0. The van der Waals surface area contributed by atoms with Crippen LogP contribution in [0.4, 0.5) is 0 Å². The number of nitrogens with zero attached hydrogens (tertiary/aromatic N) is 1. The molecule has 1 rings (SSSR count). The smallest absolute Gasteiger partial charge is 0.0745 e. The molecule has 0 aliphatic rings. The van der Waals surface area contributed by atoms with Gasteiger partial charge in [0.2, 0.25) is 0 Å². The van der Waals surface area contributed by atoms with Crippen molar-refractivity contribution in [2.24, 2.45) is 0 Å². The average molecular weight is 188 g/mol. The Bertz CT molecular complexity index is 322. The molecule has 1 aromatic rings. The van der Waals surface area contributed by atoms with Gasteiger partial charge in [-0.05, 0) is 38.5 Å². The molecular weight excluding hydrogens is 172 g/mol. The molecule has 1 aromatic heterocycles. The number of aromatic nitrogens is 1. The van der Waals surface area contributed by atoms with Crippen LogP contribution in [0.3, 0.4) is 0 Å². The zero-order valence-corrected chi connectivity index (χ0v) is 8.91. The first-order valence-electron chi connectivity index (χ1n) is 4.70. The van der Waals surface area contributed by atoms with E-state index in [0.29, 0.717) is 0 Å². The number of pyridine rings is 1. The first-order chi connectivity index (χ1) is 6.55. The monoisotopic (exact) mass is 188 g/mol. The van der Waals surface area contributed by atoms with Crippen molar-refractivity contribution >= 4 is 0 Å². The second-order valence-electron chi connectivity index (χ2n) is 3.92. The van der Waals surface area contributed by atoms with E-state index in [2.05, 4.69) is 23.1 Å². The molecule has 1 atom stereocenters. The van der Waals surface area contributed by atoms with E-state index in [1.54, 1.807) is 12.4 Å². The van der Waals surface area contributed by atoms with Crippen LogP contribution < -0.4 is 5.32 Å². The molecule has 14 heavy (non-hydrogen) atoms. The predicted octanol–water partition coefficient (Wildman–Crippen LogP) is 2.14. The first-order valence-corrected chi connectivity index (χ1v) is 4.70. The molecule has 0 spiro atoms. The Morgan fingerprint density at radius 1 is 1.43 bits per heavy atom. The molecule has 0 radical (unpaired) electrons. The van der Waals surface area contributed by atoms with Crippen LogP contribution in [-0.4, -0.2) is 10.5 Å². The lowest BCUT2D eigenvalue weighted by molar-refractivity contribution is 0.431. The highest BCUT2D eigenvalue weighted by molar-refractivity contribution is 5.17. The van der Waals surface area contributed by atoms with Crippen molar-refractivity contribution in [3.8, 4) is 12.3 Å². The van der Waals surface area contributed by atoms with Gasteiger partial charge in [0.25, 0.3) is 0 Å². The van der Waals surface area contributed by atoms with E-state index in [9.17, 15) is 0 Å². The number of terminal acetylenes is 1. The van der Waals surface area contributed by atoms with Gasteiger partial charge in [-0.1, -0.05) is 5.92 Å². The lowest BCUT2D eigenvalue weighted by Gasteiger charge is -2.25. The van der Waals surface area contributed by atoms with Crippen LogP contribution in [0, 0.1) is 12.3 Å². The van der Waals surface area contributed by atoms with E-state index in [0.717, 1.165) is 0 Å². The van der Waals surface area contributed by atoms with Crippen molar-refractivity contribution < 1.29 is 0 Å².